The van der Waals surface area contributed by atoms with E-state index in [9.17, 15) is 0 Å². The van der Waals surface area contributed by atoms with Gasteiger partial charge < -0.3 is 20.1 Å². The molecule has 0 saturated carbocycles. The summed E-state index contributed by atoms with van der Waals surface area (Å²) in [5.74, 6) is 0. The van der Waals surface area contributed by atoms with E-state index in [0.717, 1.165) is 0 Å². The average molecular weight is 133 g/mol. The Bertz CT molecular complexity index is 95.0. The third-order valence-electron chi connectivity index (χ3n) is 1.32. The predicted molar refractivity (Wildman–Crippen MR) is 28.0 cm³/mol. The second-order valence-corrected chi connectivity index (χ2v) is 1.97. The summed E-state index contributed by atoms with van der Waals surface area (Å²) in [6.07, 6.45) is -1.74. The standard InChI is InChI=1S/C5H9O4/c6-1-4-5(8)3(7)2-9-4/h4-8H,1-2H2/t4-,5+/m1/s1. The van der Waals surface area contributed by atoms with Crippen molar-refractivity contribution in [3.05, 3.63) is 6.10 Å². The Hall–Kier alpha value is -0.160. The summed E-state index contributed by atoms with van der Waals surface area (Å²) in [7, 11) is 0. The first-order valence-corrected chi connectivity index (χ1v) is 2.71. The van der Waals surface area contributed by atoms with Gasteiger partial charge in [0.2, 0.25) is 0 Å². The van der Waals surface area contributed by atoms with E-state index >= 15 is 0 Å². The summed E-state index contributed by atoms with van der Waals surface area (Å²) in [5.41, 5.74) is 0. The van der Waals surface area contributed by atoms with Gasteiger partial charge in [0.1, 0.15) is 18.3 Å². The van der Waals surface area contributed by atoms with E-state index in [0.29, 0.717) is 0 Å². The number of aliphatic hydroxyl groups is 3. The summed E-state index contributed by atoms with van der Waals surface area (Å²) in [6, 6.07) is 0. The van der Waals surface area contributed by atoms with Crippen LogP contribution in [0.3, 0.4) is 0 Å². The maximum absolute atomic E-state index is 8.89. The molecule has 4 heteroatoms. The van der Waals surface area contributed by atoms with Crippen molar-refractivity contribution in [3.63, 3.8) is 0 Å². The van der Waals surface area contributed by atoms with Gasteiger partial charge in [0.15, 0.2) is 0 Å². The Morgan fingerprint density at radius 2 is 2.33 bits per heavy atom. The van der Waals surface area contributed by atoms with Crippen molar-refractivity contribution >= 4 is 0 Å². The minimum absolute atomic E-state index is 0.0341. The summed E-state index contributed by atoms with van der Waals surface area (Å²) in [6.45, 7) is -0.225. The zero-order chi connectivity index (χ0) is 6.85. The van der Waals surface area contributed by atoms with Gasteiger partial charge in [-0.1, -0.05) is 0 Å². The van der Waals surface area contributed by atoms with Gasteiger partial charge in [0.25, 0.3) is 0 Å². The Kier molecular flexibility index (Phi) is 2.02. The predicted octanol–water partition coefficient (Wildman–Crippen LogP) is -1.36. The third kappa shape index (κ3) is 1.21. The smallest absolute Gasteiger partial charge is 0.150 e. The Balaban J connectivity index is 2.41. The molecular formula is C5H9O4. The van der Waals surface area contributed by atoms with Crippen LogP contribution in [0.15, 0.2) is 0 Å². The number of rotatable bonds is 1. The molecule has 1 aliphatic heterocycles. The number of hydrogen-bond donors (Lipinski definition) is 3. The molecule has 0 unspecified atom stereocenters. The van der Waals surface area contributed by atoms with Crippen LogP contribution >= 0.6 is 0 Å². The number of ether oxygens (including phenoxy) is 1. The minimum Gasteiger partial charge on any atom is -0.394 e. The molecule has 53 valence electrons. The molecule has 0 aromatic carbocycles. The highest BCUT2D eigenvalue weighted by Gasteiger charge is 2.34. The molecule has 1 fully saturated rings. The molecule has 1 heterocycles. The van der Waals surface area contributed by atoms with Crippen LogP contribution < -0.4 is 0 Å². The molecule has 0 aromatic rings. The summed E-state index contributed by atoms with van der Waals surface area (Å²) < 4.78 is 4.74. The van der Waals surface area contributed by atoms with Crippen LogP contribution in [0.2, 0.25) is 0 Å². The Morgan fingerprint density at radius 3 is 2.56 bits per heavy atom. The van der Waals surface area contributed by atoms with Crippen LogP contribution in [-0.2, 0) is 4.74 Å². The van der Waals surface area contributed by atoms with Crippen molar-refractivity contribution in [3.8, 4) is 0 Å². The molecule has 9 heavy (non-hydrogen) atoms. The first-order chi connectivity index (χ1) is 4.25. The highest BCUT2D eigenvalue weighted by Crippen LogP contribution is 2.18. The van der Waals surface area contributed by atoms with Crippen molar-refractivity contribution in [1.82, 2.24) is 0 Å². The summed E-state index contributed by atoms with van der Waals surface area (Å²) in [5, 5.41) is 26.1. The van der Waals surface area contributed by atoms with E-state index in [-0.39, 0.29) is 19.3 Å². The SMILES string of the molecule is OC[C@H]1OC[C](O)[C@@H]1O. The van der Waals surface area contributed by atoms with Crippen molar-refractivity contribution in [2.45, 2.75) is 12.2 Å². The molecule has 0 aromatic heterocycles. The highest BCUT2D eigenvalue weighted by molar-refractivity contribution is 4.96. The van der Waals surface area contributed by atoms with Crippen molar-refractivity contribution < 1.29 is 20.1 Å². The molecule has 3 N–H and O–H groups in total. The molecular weight excluding hydrogens is 124 g/mol. The molecule has 1 aliphatic rings. The lowest BCUT2D eigenvalue weighted by molar-refractivity contribution is 0.00201. The van der Waals surface area contributed by atoms with Crippen molar-refractivity contribution in [2.75, 3.05) is 13.2 Å². The Labute approximate surface area is 52.7 Å². The van der Waals surface area contributed by atoms with Gasteiger partial charge in [-0.2, -0.15) is 0 Å². The van der Waals surface area contributed by atoms with Crippen LogP contribution in [0.4, 0.5) is 0 Å². The van der Waals surface area contributed by atoms with E-state index in [1.165, 1.54) is 0 Å². The fraction of sp³-hybridized carbons (Fsp3) is 0.800. The molecule has 0 amide bonds. The lowest BCUT2D eigenvalue weighted by Gasteiger charge is -2.09. The van der Waals surface area contributed by atoms with Crippen LogP contribution in [0, 0.1) is 6.10 Å². The highest BCUT2D eigenvalue weighted by atomic mass is 16.5. The van der Waals surface area contributed by atoms with Crippen LogP contribution in [0.1, 0.15) is 0 Å². The third-order valence-corrected chi connectivity index (χ3v) is 1.32. The maximum atomic E-state index is 8.89. The topological polar surface area (TPSA) is 69.9 Å². The van der Waals surface area contributed by atoms with Gasteiger partial charge in [-0.25, -0.2) is 0 Å². The lowest BCUT2D eigenvalue weighted by atomic mass is 10.2. The van der Waals surface area contributed by atoms with E-state index in [4.69, 9.17) is 20.1 Å². The monoisotopic (exact) mass is 133 g/mol. The molecule has 1 saturated heterocycles. The zero-order valence-electron chi connectivity index (χ0n) is 4.82. The lowest BCUT2D eigenvalue weighted by Crippen LogP contribution is -2.27. The largest absolute Gasteiger partial charge is 0.394 e. The van der Waals surface area contributed by atoms with Gasteiger partial charge in [0.05, 0.1) is 13.2 Å². The van der Waals surface area contributed by atoms with Gasteiger partial charge >= 0.3 is 0 Å². The second-order valence-electron chi connectivity index (χ2n) is 1.97. The first kappa shape index (κ1) is 6.95. The second kappa shape index (κ2) is 2.62. The van der Waals surface area contributed by atoms with Crippen molar-refractivity contribution in [1.29, 1.82) is 0 Å². The molecule has 2 atom stereocenters. The van der Waals surface area contributed by atoms with Gasteiger partial charge in [-0.15, -0.1) is 0 Å². The van der Waals surface area contributed by atoms with E-state index in [1.807, 2.05) is 0 Å². The van der Waals surface area contributed by atoms with Crippen LogP contribution in [-0.4, -0.2) is 40.7 Å². The molecule has 0 bridgehead atoms. The van der Waals surface area contributed by atoms with Gasteiger partial charge in [-0.05, 0) is 0 Å². The molecule has 1 rings (SSSR count). The van der Waals surface area contributed by atoms with Crippen molar-refractivity contribution in [2.24, 2.45) is 0 Å². The van der Waals surface area contributed by atoms with E-state index in [2.05, 4.69) is 0 Å². The first-order valence-electron chi connectivity index (χ1n) is 2.71. The maximum Gasteiger partial charge on any atom is 0.150 e. The normalized spacial score (nSPS) is 37.7. The number of aliphatic hydroxyl groups excluding tert-OH is 3. The van der Waals surface area contributed by atoms with Crippen LogP contribution in [0.5, 0.6) is 0 Å². The Morgan fingerprint density at radius 1 is 1.67 bits per heavy atom. The average Bonchev–Trinajstić information content (AvgIpc) is 2.15. The molecule has 0 aliphatic carbocycles. The fourth-order valence-corrected chi connectivity index (χ4v) is 0.736. The van der Waals surface area contributed by atoms with E-state index in [1.54, 1.807) is 0 Å². The van der Waals surface area contributed by atoms with Crippen LogP contribution in [0.25, 0.3) is 0 Å². The quantitative estimate of drug-likeness (QED) is 0.413. The molecule has 4 nitrogen and oxygen atoms in total. The van der Waals surface area contributed by atoms with Gasteiger partial charge in [-0.3, -0.25) is 0 Å². The number of hydrogen-bond acceptors (Lipinski definition) is 4. The van der Waals surface area contributed by atoms with E-state index < -0.39 is 12.2 Å². The molecule has 1 radical (unpaired) electrons. The summed E-state index contributed by atoms with van der Waals surface area (Å²) in [4.78, 5) is 0. The minimum atomic E-state index is -1.00. The fourth-order valence-electron chi connectivity index (χ4n) is 0.736. The summed E-state index contributed by atoms with van der Waals surface area (Å²) >= 11 is 0. The van der Waals surface area contributed by atoms with Gasteiger partial charge in [0, 0.05) is 0 Å². The molecule has 0 spiro atoms. The zero-order valence-corrected chi connectivity index (χ0v) is 4.82.